The number of nitrogens with zero attached hydrogens (tertiary/aromatic N) is 1. The Kier molecular flexibility index (Phi) is 11.0. The number of carbonyl (C=O) groups excluding carboxylic acids is 1. The Labute approximate surface area is 154 Å². The van der Waals surface area contributed by atoms with Gasteiger partial charge in [-0.25, -0.2) is 0 Å². The van der Waals surface area contributed by atoms with Gasteiger partial charge in [-0.05, 0) is 58.2 Å². The number of hydrogen-bond acceptors (Lipinski definition) is 3. The van der Waals surface area contributed by atoms with Crippen molar-refractivity contribution in [3.8, 4) is 0 Å². The second-order valence-electron chi connectivity index (χ2n) is 7.56. The minimum absolute atomic E-state index is 0. The van der Waals surface area contributed by atoms with Gasteiger partial charge in [-0.15, -0.1) is 12.4 Å². The van der Waals surface area contributed by atoms with Crippen molar-refractivity contribution < 1.29 is 4.79 Å². The molecule has 5 heteroatoms. The normalized spacial score (nSPS) is 21.0. The zero-order valence-corrected chi connectivity index (χ0v) is 16.2. The molecular formula is C19H38ClN3O. The van der Waals surface area contributed by atoms with Crippen LogP contribution in [0.5, 0.6) is 0 Å². The van der Waals surface area contributed by atoms with Crippen LogP contribution < -0.4 is 11.1 Å². The van der Waals surface area contributed by atoms with Gasteiger partial charge < -0.3 is 11.1 Å². The quantitative estimate of drug-likeness (QED) is 0.618. The maximum absolute atomic E-state index is 12.2. The molecule has 1 saturated heterocycles. The highest BCUT2D eigenvalue weighted by molar-refractivity contribution is 5.85. The molecule has 24 heavy (non-hydrogen) atoms. The van der Waals surface area contributed by atoms with Crippen LogP contribution in [0.25, 0.3) is 0 Å². The molecule has 1 aliphatic heterocycles. The number of unbranched alkanes of at least 4 members (excludes halogenated alkanes) is 3. The monoisotopic (exact) mass is 359 g/mol. The first-order valence-corrected chi connectivity index (χ1v) is 9.99. The number of piperidine rings is 1. The first-order chi connectivity index (χ1) is 11.3. The molecule has 2 rings (SSSR count). The van der Waals surface area contributed by atoms with Crippen LogP contribution in [0.4, 0.5) is 0 Å². The number of nitrogens with two attached hydrogens (primary N) is 1. The van der Waals surface area contributed by atoms with Crippen LogP contribution in [0, 0.1) is 0 Å². The van der Waals surface area contributed by atoms with Crippen LogP contribution in [-0.2, 0) is 4.79 Å². The van der Waals surface area contributed by atoms with Crippen molar-refractivity contribution in [2.45, 2.75) is 89.0 Å². The average Bonchev–Trinajstić information content (AvgIpc) is 2.61. The Balaban J connectivity index is 0.00000288. The van der Waals surface area contributed by atoms with E-state index in [1.165, 1.54) is 64.5 Å². The smallest absolute Gasteiger partial charge is 0.220 e. The van der Waals surface area contributed by atoms with Crippen LogP contribution in [-0.4, -0.2) is 42.5 Å². The second kappa shape index (κ2) is 12.1. The Bertz CT molecular complexity index is 340. The number of amides is 1. The summed E-state index contributed by atoms with van der Waals surface area (Å²) in [5, 5.41) is 3.28. The van der Waals surface area contributed by atoms with Gasteiger partial charge in [-0.2, -0.15) is 0 Å². The highest BCUT2D eigenvalue weighted by Crippen LogP contribution is 2.35. The fourth-order valence-electron chi connectivity index (χ4n) is 4.32. The van der Waals surface area contributed by atoms with Gasteiger partial charge in [0.1, 0.15) is 0 Å². The van der Waals surface area contributed by atoms with E-state index >= 15 is 0 Å². The lowest BCUT2D eigenvalue weighted by atomic mass is 9.79. The highest BCUT2D eigenvalue weighted by Gasteiger charge is 2.38. The molecule has 3 N–H and O–H groups in total. The molecular weight excluding hydrogens is 322 g/mol. The molecule has 1 aliphatic carbocycles. The number of carbonyl (C=O) groups is 1. The summed E-state index contributed by atoms with van der Waals surface area (Å²) < 4.78 is 0. The molecule has 0 aromatic carbocycles. The van der Waals surface area contributed by atoms with Crippen molar-refractivity contribution in [1.82, 2.24) is 10.2 Å². The molecule has 2 fully saturated rings. The van der Waals surface area contributed by atoms with Crippen molar-refractivity contribution in [2.75, 3.05) is 26.2 Å². The summed E-state index contributed by atoms with van der Waals surface area (Å²) in [6.45, 7) is 4.10. The number of hydrogen-bond donors (Lipinski definition) is 2. The van der Waals surface area contributed by atoms with Gasteiger partial charge in [-0.1, -0.05) is 38.5 Å². The average molecular weight is 360 g/mol. The van der Waals surface area contributed by atoms with E-state index in [1.54, 1.807) is 0 Å². The maximum atomic E-state index is 12.2. The minimum atomic E-state index is 0. The SMILES string of the molecule is Cl.NCCCCCCC(=O)NCC1(N2CCCCC2)CCCCC1. The lowest BCUT2D eigenvalue weighted by molar-refractivity contribution is -0.122. The predicted molar refractivity (Wildman–Crippen MR) is 104 cm³/mol. The van der Waals surface area contributed by atoms with Crippen molar-refractivity contribution in [1.29, 1.82) is 0 Å². The predicted octanol–water partition coefficient (Wildman–Crippen LogP) is 3.62. The van der Waals surface area contributed by atoms with Crippen LogP contribution in [0.15, 0.2) is 0 Å². The molecule has 1 saturated carbocycles. The standard InChI is InChI=1S/C19H37N3O.ClH/c20-14-8-2-1-5-11-18(23)21-17-19(12-6-3-7-13-19)22-15-9-4-10-16-22;/h1-17,20H2,(H,21,23);1H. The van der Waals surface area contributed by atoms with Gasteiger partial charge in [-0.3, -0.25) is 9.69 Å². The third-order valence-electron chi connectivity index (χ3n) is 5.78. The summed E-state index contributed by atoms with van der Waals surface area (Å²) in [4.78, 5) is 14.9. The van der Waals surface area contributed by atoms with Crippen LogP contribution >= 0.6 is 12.4 Å². The van der Waals surface area contributed by atoms with Gasteiger partial charge in [0.15, 0.2) is 0 Å². The molecule has 142 valence electrons. The van der Waals surface area contributed by atoms with E-state index in [0.717, 1.165) is 38.8 Å². The summed E-state index contributed by atoms with van der Waals surface area (Å²) in [6, 6.07) is 0. The Hall–Kier alpha value is -0.320. The van der Waals surface area contributed by atoms with E-state index in [0.29, 0.717) is 6.42 Å². The fourth-order valence-corrected chi connectivity index (χ4v) is 4.32. The van der Waals surface area contributed by atoms with Crippen molar-refractivity contribution in [3.05, 3.63) is 0 Å². The summed E-state index contributed by atoms with van der Waals surface area (Å²) in [5.74, 6) is 0.250. The molecule has 0 bridgehead atoms. The number of halogens is 1. The number of rotatable bonds is 9. The van der Waals surface area contributed by atoms with E-state index < -0.39 is 0 Å². The number of nitrogens with one attached hydrogen (secondary N) is 1. The minimum Gasteiger partial charge on any atom is -0.354 e. The van der Waals surface area contributed by atoms with E-state index in [-0.39, 0.29) is 23.9 Å². The molecule has 2 aliphatic rings. The zero-order chi connectivity index (χ0) is 16.4. The van der Waals surface area contributed by atoms with Crippen molar-refractivity contribution >= 4 is 18.3 Å². The molecule has 4 nitrogen and oxygen atoms in total. The van der Waals surface area contributed by atoms with Crippen LogP contribution in [0.1, 0.15) is 83.5 Å². The van der Waals surface area contributed by atoms with Crippen LogP contribution in [0.2, 0.25) is 0 Å². The molecule has 1 amide bonds. The number of likely N-dealkylation sites (tertiary alicyclic amines) is 1. The van der Waals surface area contributed by atoms with Gasteiger partial charge in [0, 0.05) is 18.5 Å². The Morgan fingerprint density at radius 2 is 1.54 bits per heavy atom. The first-order valence-electron chi connectivity index (χ1n) is 9.99. The van der Waals surface area contributed by atoms with Gasteiger partial charge in [0.05, 0.1) is 0 Å². The summed E-state index contributed by atoms with van der Waals surface area (Å²) in [5.41, 5.74) is 5.76. The van der Waals surface area contributed by atoms with E-state index in [1.807, 2.05) is 0 Å². The first kappa shape index (κ1) is 21.7. The molecule has 0 unspecified atom stereocenters. The molecule has 1 heterocycles. The maximum Gasteiger partial charge on any atom is 0.220 e. The lowest BCUT2D eigenvalue weighted by Gasteiger charge is -2.48. The van der Waals surface area contributed by atoms with Gasteiger partial charge >= 0.3 is 0 Å². The van der Waals surface area contributed by atoms with Gasteiger partial charge in [0.25, 0.3) is 0 Å². The molecule has 0 aromatic heterocycles. The molecule has 0 atom stereocenters. The Morgan fingerprint density at radius 1 is 0.917 bits per heavy atom. The molecule has 0 spiro atoms. The van der Waals surface area contributed by atoms with Gasteiger partial charge in [0.2, 0.25) is 5.91 Å². The lowest BCUT2D eigenvalue weighted by Crippen LogP contribution is -2.58. The summed E-state index contributed by atoms with van der Waals surface area (Å²) in [6.07, 6.45) is 15.6. The van der Waals surface area contributed by atoms with Crippen molar-refractivity contribution in [3.63, 3.8) is 0 Å². The van der Waals surface area contributed by atoms with E-state index in [9.17, 15) is 4.79 Å². The van der Waals surface area contributed by atoms with Crippen molar-refractivity contribution in [2.24, 2.45) is 5.73 Å². The summed E-state index contributed by atoms with van der Waals surface area (Å²) in [7, 11) is 0. The van der Waals surface area contributed by atoms with E-state index in [2.05, 4.69) is 10.2 Å². The third kappa shape index (κ3) is 6.89. The molecule has 0 aromatic rings. The summed E-state index contributed by atoms with van der Waals surface area (Å²) >= 11 is 0. The highest BCUT2D eigenvalue weighted by atomic mass is 35.5. The van der Waals surface area contributed by atoms with E-state index in [4.69, 9.17) is 5.73 Å². The molecule has 0 radical (unpaired) electrons. The fraction of sp³-hybridized carbons (Fsp3) is 0.947. The Morgan fingerprint density at radius 3 is 2.21 bits per heavy atom. The second-order valence-corrected chi connectivity index (χ2v) is 7.56. The van der Waals surface area contributed by atoms with Crippen LogP contribution in [0.3, 0.4) is 0 Å². The zero-order valence-electron chi connectivity index (χ0n) is 15.4. The topological polar surface area (TPSA) is 58.4 Å². The third-order valence-corrected chi connectivity index (χ3v) is 5.78. The largest absolute Gasteiger partial charge is 0.354 e.